The number of aromatic nitrogens is 1. The molecule has 0 bridgehead atoms. The standard InChI is InChI=1S/C15H13BrN2O3S/c1-11-4-5-13(14(16)9-11)15(19)18-22(20,21)8-6-12-3-2-7-17-10-12/h2-10H,1H3,(H,18,19). The Bertz CT molecular complexity index is 818. The second-order valence-electron chi connectivity index (χ2n) is 4.55. The van der Waals surface area contributed by atoms with Gasteiger partial charge in [0.05, 0.1) is 11.0 Å². The highest BCUT2D eigenvalue weighted by Gasteiger charge is 2.15. The second kappa shape index (κ2) is 6.85. The summed E-state index contributed by atoms with van der Waals surface area (Å²) in [7, 11) is -3.88. The lowest BCUT2D eigenvalue weighted by molar-refractivity contribution is 0.0981. The average Bonchev–Trinajstić information content (AvgIpc) is 2.45. The predicted molar refractivity (Wildman–Crippen MR) is 88.5 cm³/mol. The number of carbonyl (C=O) groups is 1. The number of carbonyl (C=O) groups excluding carboxylic acids is 1. The first-order valence-electron chi connectivity index (χ1n) is 6.29. The fourth-order valence-electron chi connectivity index (χ4n) is 1.67. The Morgan fingerprint density at radius 3 is 2.73 bits per heavy atom. The summed E-state index contributed by atoms with van der Waals surface area (Å²) in [6, 6.07) is 8.44. The topological polar surface area (TPSA) is 76.1 Å². The number of amides is 1. The molecule has 2 aromatic rings. The molecule has 0 aliphatic rings. The summed E-state index contributed by atoms with van der Waals surface area (Å²) in [5.74, 6) is -0.692. The summed E-state index contributed by atoms with van der Waals surface area (Å²) in [6.45, 7) is 1.87. The van der Waals surface area contributed by atoms with Crippen molar-refractivity contribution in [2.24, 2.45) is 0 Å². The van der Waals surface area contributed by atoms with Crippen molar-refractivity contribution < 1.29 is 13.2 Å². The van der Waals surface area contributed by atoms with E-state index in [-0.39, 0.29) is 5.56 Å². The Morgan fingerprint density at radius 2 is 2.09 bits per heavy atom. The van der Waals surface area contributed by atoms with Crippen LogP contribution in [0.2, 0.25) is 0 Å². The molecule has 0 radical (unpaired) electrons. The van der Waals surface area contributed by atoms with Crippen molar-refractivity contribution in [3.05, 3.63) is 69.3 Å². The molecule has 1 N–H and O–H groups in total. The second-order valence-corrected chi connectivity index (χ2v) is 6.97. The van der Waals surface area contributed by atoms with Crippen molar-refractivity contribution in [2.45, 2.75) is 6.92 Å². The first-order valence-corrected chi connectivity index (χ1v) is 8.63. The van der Waals surface area contributed by atoms with E-state index in [0.29, 0.717) is 10.0 Å². The van der Waals surface area contributed by atoms with E-state index in [4.69, 9.17) is 0 Å². The Labute approximate surface area is 137 Å². The average molecular weight is 381 g/mol. The van der Waals surface area contributed by atoms with Crippen molar-refractivity contribution in [1.82, 2.24) is 9.71 Å². The van der Waals surface area contributed by atoms with Gasteiger partial charge < -0.3 is 0 Å². The molecule has 1 aromatic heterocycles. The van der Waals surface area contributed by atoms with E-state index in [0.717, 1.165) is 11.0 Å². The van der Waals surface area contributed by atoms with E-state index < -0.39 is 15.9 Å². The lowest BCUT2D eigenvalue weighted by atomic mass is 10.1. The molecule has 0 atom stereocenters. The van der Waals surface area contributed by atoms with Crippen molar-refractivity contribution in [3.63, 3.8) is 0 Å². The Balaban J connectivity index is 2.14. The number of aryl methyl sites for hydroxylation is 1. The summed E-state index contributed by atoms with van der Waals surface area (Å²) in [4.78, 5) is 15.9. The van der Waals surface area contributed by atoms with E-state index in [2.05, 4.69) is 20.9 Å². The SMILES string of the molecule is Cc1ccc(C(=O)NS(=O)(=O)C=Cc2cccnc2)c(Br)c1. The molecule has 0 fully saturated rings. The molecule has 2 rings (SSSR count). The molecule has 0 spiro atoms. The molecule has 5 nitrogen and oxygen atoms in total. The highest BCUT2D eigenvalue weighted by molar-refractivity contribution is 9.10. The van der Waals surface area contributed by atoms with Gasteiger partial charge in [-0.05, 0) is 58.3 Å². The van der Waals surface area contributed by atoms with Crippen LogP contribution >= 0.6 is 15.9 Å². The third kappa shape index (κ3) is 4.51. The normalized spacial score (nSPS) is 11.5. The van der Waals surface area contributed by atoms with Gasteiger partial charge in [-0.15, -0.1) is 0 Å². The molecule has 1 heterocycles. The van der Waals surface area contributed by atoms with Gasteiger partial charge in [0.2, 0.25) is 0 Å². The van der Waals surface area contributed by atoms with Crippen LogP contribution in [0.4, 0.5) is 0 Å². The van der Waals surface area contributed by atoms with Crippen molar-refractivity contribution in [1.29, 1.82) is 0 Å². The van der Waals surface area contributed by atoms with Crippen LogP contribution in [0.1, 0.15) is 21.5 Å². The molecule has 7 heteroatoms. The minimum Gasteiger partial charge on any atom is -0.268 e. The minimum atomic E-state index is -3.88. The van der Waals surface area contributed by atoms with Crippen molar-refractivity contribution in [2.75, 3.05) is 0 Å². The third-order valence-electron chi connectivity index (χ3n) is 2.73. The minimum absolute atomic E-state index is 0.254. The van der Waals surface area contributed by atoms with E-state index in [1.807, 2.05) is 11.6 Å². The molecule has 114 valence electrons. The molecule has 0 saturated carbocycles. The number of nitrogens with zero attached hydrogens (tertiary/aromatic N) is 1. The maximum Gasteiger partial charge on any atom is 0.266 e. The van der Waals surface area contributed by atoms with Crippen molar-refractivity contribution in [3.8, 4) is 0 Å². The van der Waals surface area contributed by atoms with Gasteiger partial charge in [0.25, 0.3) is 15.9 Å². The lowest BCUT2D eigenvalue weighted by Crippen LogP contribution is -2.29. The van der Waals surface area contributed by atoms with E-state index in [1.54, 1.807) is 36.5 Å². The van der Waals surface area contributed by atoms with Gasteiger partial charge in [0.15, 0.2) is 0 Å². The Hall–Kier alpha value is -1.99. The summed E-state index contributed by atoms with van der Waals surface area (Å²) < 4.78 is 26.4. The van der Waals surface area contributed by atoms with E-state index in [1.165, 1.54) is 12.3 Å². The fourth-order valence-corrected chi connectivity index (χ4v) is 3.11. The quantitative estimate of drug-likeness (QED) is 0.884. The highest BCUT2D eigenvalue weighted by atomic mass is 79.9. The molecule has 22 heavy (non-hydrogen) atoms. The predicted octanol–water partition coefficient (Wildman–Crippen LogP) is 2.88. The number of benzene rings is 1. The summed E-state index contributed by atoms with van der Waals surface area (Å²) >= 11 is 3.25. The molecular weight excluding hydrogens is 368 g/mol. The molecule has 0 unspecified atom stereocenters. The van der Waals surface area contributed by atoms with Gasteiger partial charge in [-0.1, -0.05) is 12.1 Å². The first-order chi connectivity index (χ1) is 10.4. The van der Waals surface area contributed by atoms with Crippen LogP contribution < -0.4 is 4.72 Å². The van der Waals surface area contributed by atoms with E-state index in [9.17, 15) is 13.2 Å². The fraction of sp³-hybridized carbons (Fsp3) is 0.0667. The maximum absolute atomic E-state index is 12.0. The number of nitrogens with one attached hydrogen (secondary N) is 1. The van der Waals surface area contributed by atoms with Gasteiger partial charge in [-0.3, -0.25) is 9.78 Å². The number of halogens is 1. The summed E-state index contributed by atoms with van der Waals surface area (Å²) in [5, 5.41) is 0.935. The molecule has 1 aromatic carbocycles. The summed E-state index contributed by atoms with van der Waals surface area (Å²) in [5.41, 5.74) is 1.84. The van der Waals surface area contributed by atoms with Gasteiger partial charge in [0.1, 0.15) is 0 Å². The monoisotopic (exact) mass is 380 g/mol. The van der Waals surface area contributed by atoms with E-state index >= 15 is 0 Å². The van der Waals surface area contributed by atoms with Crippen LogP contribution in [0, 0.1) is 6.92 Å². The van der Waals surface area contributed by atoms with Crippen LogP contribution in [-0.4, -0.2) is 19.3 Å². The maximum atomic E-state index is 12.0. The van der Waals surface area contributed by atoms with Gasteiger partial charge in [0, 0.05) is 16.9 Å². The van der Waals surface area contributed by atoms with Crippen LogP contribution in [0.3, 0.4) is 0 Å². The zero-order chi connectivity index (χ0) is 16.2. The largest absolute Gasteiger partial charge is 0.268 e. The van der Waals surface area contributed by atoms with Gasteiger partial charge in [-0.25, -0.2) is 13.1 Å². The number of pyridine rings is 1. The van der Waals surface area contributed by atoms with Crippen LogP contribution in [0.15, 0.2) is 52.6 Å². The highest BCUT2D eigenvalue weighted by Crippen LogP contribution is 2.18. The van der Waals surface area contributed by atoms with Gasteiger partial charge in [-0.2, -0.15) is 0 Å². The number of hydrogen-bond acceptors (Lipinski definition) is 4. The Morgan fingerprint density at radius 1 is 1.32 bits per heavy atom. The number of hydrogen-bond donors (Lipinski definition) is 1. The molecular formula is C15H13BrN2O3S. The zero-order valence-corrected chi connectivity index (χ0v) is 14.1. The molecule has 1 amide bonds. The number of sulfonamides is 1. The first kappa shape index (κ1) is 16.4. The molecule has 0 aliphatic heterocycles. The van der Waals surface area contributed by atoms with Crippen LogP contribution in [0.5, 0.6) is 0 Å². The summed E-state index contributed by atoms with van der Waals surface area (Å²) in [6.07, 6.45) is 4.47. The molecule has 0 aliphatic carbocycles. The third-order valence-corrected chi connectivity index (χ3v) is 4.35. The van der Waals surface area contributed by atoms with Crippen molar-refractivity contribution >= 4 is 37.9 Å². The van der Waals surface area contributed by atoms with Crippen LogP contribution in [-0.2, 0) is 10.0 Å². The number of rotatable bonds is 4. The lowest BCUT2D eigenvalue weighted by Gasteiger charge is -2.06. The smallest absolute Gasteiger partial charge is 0.266 e. The van der Waals surface area contributed by atoms with Gasteiger partial charge >= 0.3 is 0 Å². The zero-order valence-electron chi connectivity index (χ0n) is 11.7. The Kier molecular flexibility index (Phi) is 5.10. The molecule has 0 saturated heterocycles. The van der Waals surface area contributed by atoms with Crippen LogP contribution in [0.25, 0.3) is 6.08 Å².